The monoisotopic (exact) mass is 441 g/mol. The van der Waals surface area contributed by atoms with Crippen molar-refractivity contribution < 1.29 is 24.2 Å². The molecule has 0 saturated heterocycles. The van der Waals surface area contributed by atoms with Crippen molar-refractivity contribution >= 4 is 17.7 Å². The lowest BCUT2D eigenvalue weighted by Gasteiger charge is -2.24. The maximum absolute atomic E-state index is 14.4. The molecule has 0 aliphatic heterocycles. The molecule has 0 heterocycles. The third-order valence-corrected chi connectivity index (χ3v) is 6.41. The van der Waals surface area contributed by atoms with Gasteiger partial charge in [0, 0.05) is 0 Å². The first-order valence-corrected chi connectivity index (χ1v) is 11.5. The van der Waals surface area contributed by atoms with Gasteiger partial charge in [0.05, 0.1) is 11.6 Å². The van der Waals surface area contributed by atoms with Crippen LogP contribution in [0.2, 0.25) is 0 Å². The molecule has 0 bridgehead atoms. The largest absolute Gasteiger partial charge is 0.503 e. The molecule has 32 heavy (non-hydrogen) atoms. The summed E-state index contributed by atoms with van der Waals surface area (Å²) in [4.78, 5) is 21.8. The molecule has 0 spiro atoms. The predicted octanol–water partition coefficient (Wildman–Crippen LogP) is 6.48. The smallest absolute Gasteiger partial charge is 0.450 e. The van der Waals surface area contributed by atoms with Crippen molar-refractivity contribution in [2.45, 2.75) is 64.2 Å². The Kier molecular flexibility index (Phi) is 8.26. The van der Waals surface area contributed by atoms with Crippen LogP contribution in [-0.4, -0.2) is 22.3 Å². The maximum atomic E-state index is 14.4. The van der Waals surface area contributed by atoms with Crippen molar-refractivity contribution in [3.8, 4) is 0 Å². The number of nitrogens with one attached hydrogen (secondary N) is 1. The summed E-state index contributed by atoms with van der Waals surface area (Å²) < 4.78 is 14.4. The number of hydrogen-bond donors (Lipinski definition) is 3. The van der Waals surface area contributed by atoms with E-state index in [4.69, 9.17) is 15.0 Å². The fourth-order valence-electron chi connectivity index (χ4n) is 4.55. The van der Waals surface area contributed by atoms with Crippen molar-refractivity contribution in [3.63, 3.8) is 0 Å². The number of halogens is 1. The van der Waals surface area contributed by atoms with Gasteiger partial charge in [-0.25, -0.2) is 9.18 Å². The molecule has 2 aromatic rings. The first kappa shape index (κ1) is 23.8. The van der Waals surface area contributed by atoms with Crippen LogP contribution in [0.1, 0.15) is 68.1 Å². The zero-order valence-electron chi connectivity index (χ0n) is 18.5. The number of carbonyl (C=O) groups is 2. The highest BCUT2D eigenvalue weighted by Crippen LogP contribution is 2.39. The van der Waals surface area contributed by atoms with Gasteiger partial charge in [0.1, 0.15) is 5.82 Å². The Bertz CT molecular complexity index is 914. The van der Waals surface area contributed by atoms with Crippen LogP contribution in [-0.2, 0) is 17.6 Å². The second-order valence-corrected chi connectivity index (χ2v) is 8.85. The molecule has 2 saturated carbocycles. The predicted molar refractivity (Wildman–Crippen MR) is 123 cm³/mol. The van der Waals surface area contributed by atoms with Gasteiger partial charge in [-0.15, -0.1) is 0 Å². The number of aryl methyl sites for hydroxylation is 1. The Morgan fingerprint density at radius 2 is 1.59 bits per heavy atom. The average molecular weight is 442 g/mol. The summed E-state index contributed by atoms with van der Waals surface area (Å²) in [5.41, 5.74) is 3.77. The van der Waals surface area contributed by atoms with Gasteiger partial charge in [-0.05, 0) is 79.2 Å². The van der Waals surface area contributed by atoms with Crippen LogP contribution < -0.4 is 5.32 Å². The number of carbonyl (C=O) groups excluding carboxylic acids is 1. The lowest BCUT2D eigenvalue weighted by Crippen LogP contribution is -2.27. The quantitative estimate of drug-likeness (QED) is 0.459. The maximum Gasteiger partial charge on any atom is 0.503 e. The Morgan fingerprint density at radius 3 is 2.16 bits per heavy atom. The minimum atomic E-state index is -1.83. The van der Waals surface area contributed by atoms with Crippen molar-refractivity contribution in [2.24, 2.45) is 11.8 Å². The summed E-state index contributed by atoms with van der Waals surface area (Å²) in [5, 5.41) is 16.9. The van der Waals surface area contributed by atoms with E-state index < -0.39 is 6.16 Å². The molecule has 1 amide bonds. The number of amides is 1. The number of benzene rings is 2. The van der Waals surface area contributed by atoms with Crippen LogP contribution in [0.25, 0.3) is 0 Å². The van der Waals surface area contributed by atoms with Gasteiger partial charge in [0.2, 0.25) is 5.91 Å². The fourth-order valence-corrected chi connectivity index (χ4v) is 4.55. The van der Waals surface area contributed by atoms with E-state index in [1.54, 1.807) is 0 Å². The van der Waals surface area contributed by atoms with Gasteiger partial charge in [-0.3, -0.25) is 4.79 Å². The minimum Gasteiger partial charge on any atom is -0.450 e. The topological polar surface area (TPSA) is 86.6 Å². The van der Waals surface area contributed by atoms with Gasteiger partial charge in [0.15, 0.2) is 0 Å². The van der Waals surface area contributed by atoms with Crippen molar-refractivity contribution in [1.82, 2.24) is 0 Å². The number of rotatable bonds is 7. The molecule has 2 aliphatic carbocycles. The van der Waals surface area contributed by atoms with E-state index >= 15 is 0 Å². The lowest BCUT2D eigenvalue weighted by molar-refractivity contribution is -0.118. The van der Waals surface area contributed by atoms with E-state index in [0.717, 1.165) is 42.7 Å². The number of hydrogen-bond acceptors (Lipinski definition) is 2. The molecule has 2 aromatic carbocycles. The zero-order valence-corrected chi connectivity index (χ0v) is 18.5. The Hall–Kier alpha value is -2.89. The van der Waals surface area contributed by atoms with Gasteiger partial charge in [-0.2, -0.15) is 0 Å². The lowest BCUT2D eigenvalue weighted by atomic mass is 9.83. The number of anilines is 1. The normalized spacial score (nSPS) is 16.7. The van der Waals surface area contributed by atoms with E-state index in [1.807, 2.05) is 12.1 Å². The highest BCUT2D eigenvalue weighted by Gasteiger charge is 2.32. The molecule has 3 N–H and O–H groups in total. The van der Waals surface area contributed by atoms with Crippen LogP contribution in [0.4, 0.5) is 14.9 Å². The van der Waals surface area contributed by atoms with E-state index in [0.29, 0.717) is 11.6 Å². The van der Waals surface area contributed by atoms with Gasteiger partial charge >= 0.3 is 6.16 Å². The van der Waals surface area contributed by atoms with Gasteiger partial charge in [-0.1, -0.05) is 50.1 Å². The second kappa shape index (κ2) is 11.1. The molecule has 0 radical (unpaired) electrons. The Morgan fingerprint density at radius 1 is 1.00 bits per heavy atom. The fraction of sp³-hybridized carbons (Fsp3) is 0.462. The molecule has 4 rings (SSSR count). The standard InChI is InChI=1S/C25H30FNO.CH2O3/c1-2-17-9-12-21(13-10-17)24(20-5-3-4-6-20)25(28)27-23-16-19(11-14-22(23)26)15-18-7-8-18;2-1(3)4/h9-14,16,18,20,24H,2-8,15H2,1H3,(H,27,28);(H2,2,3,4)/t24-;/m0./s1. The van der Waals surface area contributed by atoms with Gasteiger partial charge in [0.25, 0.3) is 0 Å². The second-order valence-electron chi connectivity index (χ2n) is 8.85. The molecule has 172 valence electrons. The van der Waals surface area contributed by atoms with Crippen LogP contribution in [0.5, 0.6) is 0 Å². The summed E-state index contributed by atoms with van der Waals surface area (Å²) in [6, 6.07) is 13.6. The highest BCUT2D eigenvalue weighted by atomic mass is 19.1. The molecular formula is C26H32FNO4. The molecule has 5 nitrogen and oxygen atoms in total. The molecule has 2 aliphatic rings. The van der Waals surface area contributed by atoms with Crippen molar-refractivity contribution in [3.05, 3.63) is 65.0 Å². The van der Waals surface area contributed by atoms with Crippen LogP contribution in [0, 0.1) is 17.7 Å². The molecule has 6 heteroatoms. The molecule has 0 unspecified atom stereocenters. The Labute approximate surface area is 188 Å². The SMILES string of the molecule is CCc1ccc([C@@H](C(=O)Nc2cc(CC3CC3)ccc2F)C2CCCC2)cc1.O=C(O)O. The van der Waals surface area contributed by atoms with Crippen molar-refractivity contribution in [1.29, 1.82) is 0 Å². The van der Waals surface area contributed by atoms with Crippen molar-refractivity contribution in [2.75, 3.05) is 5.32 Å². The number of carboxylic acid groups (broad SMARTS) is 2. The first-order valence-electron chi connectivity index (χ1n) is 11.5. The van der Waals surface area contributed by atoms with E-state index in [-0.39, 0.29) is 17.6 Å². The van der Waals surface area contributed by atoms with Gasteiger partial charge < -0.3 is 15.5 Å². The Balaban J connectivity index is 0.000000668. The first-order chi connectivity index (χ1) is 15.4. The van der Waals surface area contributed by atoms with E-state index in [9.17, 15) is 9.18 Å². The minimum absolute atomic E-state index is 0.0707. The summed E-state index contributed by atoms with van der Waals surface area (Å²) in [6.07, 6.45) is 7.13. The molecular weight excluding hydrogens is 409 g/mol. The summed E-state index contributed by atoms with van der Waals surface area (Å²) >= 11 is 0. The zero-order chi connectivity index (χ0) is 23.1. The summed E-state index contributed by atoms with van der Waals surface area (Å²) in [7, 11) is 0. The van der Waals surface area contributed by atoms with Crippen LogP contribution in [0.3, 0.4) is 0 Å². The van der Waals surface area contributed by atoms with Crippen LogP contribution in [0.15, 0.2) is 42.5 Å². The summed E-state index contributed by atoms with van der Waals surface area (Å²) in [5.74, 6) is 0.445. The highest BCUT2D eigenvalue weighted by molar-refractivity contribution is 5.96. The third-order valence-electron chi connectivity index (χ3n) is 6.41. The molecule has 2 fully saturated rings. The third kappa shape index (κ3) is 6.81. The average Bonchev–Trinajstić information content (AvgIpc) is 3.41. The van der Waals surface area contributed by atoms with Crippen LogP contribution >= 0.6 is 0 Å². The molecule has 0 aromatic heterocycles. The van der Waals surface area contributed by atoms with E-state index in [1.165, 1.54) is 37.3 Å². The molecule has 1 atom stereocenters. The summed E-state index contributed by atoms with van der Waals surface area (Å²) in [6.45, 7) is 2.13. The van der Waals surface area contributed by atoms with E-state index in [2.05, 4.69) is 36.5 Å².